The highest BCUT2D eigenvalue weighted by Crippen LogP contribution is 2.19. The molecule has 0 fully saturated rings. The Kier molecular flexibility index (Phi) is 3.72. The average Bonchev–Trinajstić information content (AvgIpc) is 2.50. The van der Waals surface area contributed by atoms with Crippen molar-refractivity contribution in [3.63, 3.8) is 0 Å². The monoisotopic (exact) mass is 276 g/mol. The van der Waals surface area contributed by atoms with Gasteiger partial charge >= 0.3 is 0 Å². The molecule has 0 aliphatic carbocycles. The van der Waals surface area contributed by atoms with Gasteiger partial charge in [-0.1, -0.05) is 42.5 Å². The maximum Gasteiger partial charge on any atom is 0.0706 e. The molecule has 1 aromatic heterocycles. The highest BCUT2D eigenvalue weighted by atomic mass is 14.8. The van der Waals surface area contributed by atoms with Gasteiger partial charge in [0.2, 0.25) is 0 Å². The number of fused-ring (bicyclic) bond motifs is 1. The second kappa shape index (κ2) is 5.66. The van der Waals surface area contributed by atoms with Gasteiger partial charge in [-0.05, 0) is 49.1 Å². The third-order valence-electron chi connectivity index (χ3n) is 4.03. The third-order valence-corrected chi connectivity index (χ3v) is 4.03. The van der Waals surface area contributed by atoms with E-state index in [4.69, 9.17) is 5.73 Å². The summed E-state index contributed by atoms with van der Waals surface area (Å²) >= 11 is 0. The van der Waals surface area contributed by atoms with Crippen molar-refractivity contribution in [3.05, 3.63) is 77.0 Å². The van der Waals surface area contributed by atoms with Crippen molar-refractivity contribution in [1.82, 2.24) is 4.98 Å². The van der Waals surface area contributed by atoms with Gasteiger partial charge in [0.15, 0.2) is 0 Å². The minimum atomic E-state index is -0.0725. The van der Waals surface area contributed by atoms with Gasteiger partial charge in [0, 0.05) is 5.39 Å². The summed E-state index contributed by atoms with van der Waals surface area (Å²) in [5, 5.41) is 1.15. The number of aryl methyl sites for hydroxylation is 2. The molecule has 0 saturated carbocycles. The minimum absolute atomic E-state index is 0.0725. The lowest BCUT2D eigenvalue weighted by molar-refractivity contribution is 0.699. The Morgan fingerprint density at radius 3 is 2.57 bits per heavy atom. The zero-order valence-electron chi connectivity index (χ0n) is 12.5. The van der Waals surface area contributed by atoms with Gasteiger partial charge in [0.05, 0.1) is 17.3 Å². The van der Waals surface area contributed by atoms with Crippen molar-refractivity contribution in [1.29, 1.82) is 0 Å². The van der Waals surface area contributed by atoms with E-state index in [1.54, 1.807) is 0 Å². The van der Waals surface area contributed by atoms with E-state index in [1.807, 2.05) is 24.3 Å². The first-order valence-corrected chi connectivity index (χ1v) is 7.31. The largest absolute Gasteiger partial charge is 0.322 e. The molecule has 0 saturated heterocycles. The molecule has 2 nitrogen and oxygen atoms in total. The lowest BCUT2D eigenvalue weighted by atomic mass is 9.99. The lowest BCUT2D eigenvalue weighted by Crippen LogP contribution is -2.15. The molecule has 1 atom stereocenters. The molecular weight excluding hydrogens is 256 g/mol. The topological polar surface area (TPSA) is 38.9 Å². The molecule has 1 heterocycles. The van der Waals surface area contributed by atoms with Crippen LogP contribution in [0.5, 0.6) is 0 Å². The van der Waals surface area contributed by atoms with Gasteiger partial charge in [-0.2, -0.15) is 0 Å². The second-order valence-electron chi connectivity index (χ2n) is 5.66. The van der Waals surface area contributed by atoms with Crippen LogP contribution in [0.25, 0.3) is 10.9 Å². The first-order chi connectivity index (χ1) is 10.1. The Balaban J connectivity index is 1.85. The quantitative estimate of drug-likeness (QED) is 0.782. The van der Waals surface area contributed by atoms with E-state index in [9.17, 15) is 0 Å². The second-order valence-corrected chi connectivity index (χ2v) is 5.66. The highest BCUT2D eigenvalue weighted by Gasteiger charge is 2.10. The predicted octanol–water partition coefficient (Wildman–Crippen LogP) is 4.09. The van der Waals surface area contributed by atoms with Crippen molar-refractivity contribution >= 4 is 10.9 Å². The summed E-state index contributed by atoms with van der Waals surface area (Å²) in [5.41, 5.74) is 12.2. The molecule has 0 bridgehead atoms. The molecule has 106 valence electrons. The average molecular weight is 276 g/mol. The predicted molar refractivity (Wildman–Crippen MR) is 88.3 cm³/mol. The van der Waals surface area contributed by atoms with Crippen molar-refractivity contribution in [2.24, 2.45) is 5.73 Å². The summed E-state index contributed by atoms with van der Waals surface area (Å²) in [7, 11) is 0. The first-order valence-electron chi connectivity index (χ1n) is 7.31. The Morgan fingerprint density at radius 2 is 1.76 bits per heavy atom. The summed E-state index contributed by atoms with van der Waals surface area (Å²) < 4.78 is 0. The van der Waals surface area contributed by atoms with Crippen molar-refractivity contribution in [3.8, 4) is 0 Å². The third kappa shape index (κ3) is 2.96. The number of rotatable bonds is 3. The molecule has 0 aliphatic rings. The van der Waals surface area contributed by atoms with E-state index in [0.717, 1.165) is 23.0 Å². The van der Waals surface area contributed by atoms with Gasteiger partial charge in [-0.3, -0.25) is 4.98 Å². The first kappa shape index (κ1) is 13.8. The summed E-state index contributed by atoms with van der Waals surface area (Å²) in [6, 6.07) is 18.7. The van der Waals surface area contributed by atoms with Crippen LogP contribution in [0, 0.1) is 13.8 Å². The maximum atomic E-state index is 6.34. The fourth-order valence-electron chi connectivity index (χ4n) is 2.58. The molecule has 0 radical (unpaired) electrons. The molecule has 0 spiro atoms. The summed E-state index contributed by atoms with van der Waals surface area (Å²) in [6.07, 6.45) is 0.812. The number of hydrogen-bond donors (Lipinski definition) is 1. The zero-order valence-corrected chi connectivity index (χ0v) is 12.5. The van der Waals surface area contributed by atoms with Crippen LogP contribution in [-0.4, -0.2) is 4.98 Å². The van der Waals surface area contributed by atoms with Crippen LogP contribution in [0.15, 0.2) is 54.6 Å². The fourth-order valence-corrected chi connectivity index (χ4v) is 2.58. The number of para-hydroxylation sites is 1. The van der Waals surface area contributed by atoms with Gasteiger partial charge in [0.25, 0.3) is 0 Å². The zero-order chi connectivity index (χ0) is 14.8. The number of aromatic nitrogens is 1. The molecule has 1 unspecified atom stereocenters. The fraction of sp³-hybridized carbons (Fsp3) is 0.211. The van der Waals surface area contributed by atoms with Crippen LogP contribution in [0.3, 0.4) is 0 Å². The Labute approximate surface area is 125 Å². The van der Waals surface area contributed by atoms with Gasteiger partial charge in [0.1, 0.15) is 0 Å². The van der Waals surface area contributed by atoms with Crippen LogP contribution < -0.4 is 5.73 Å². The van der Waals surface area contributed by atoms with Crippen molar-refractivity contribution in [2.75, 3.05) is 0 Å². The van der Waals surface area contributed by atoms with Crippen LogP contribution in [0.1, 0.15) is 28.4 Å². The molecule has 2 heteroatoms. The van der Waals surface area contributed by atoms with E-state index in [-0.39, 0.29) is 6.04 Å². The number of pyridine rings is 1. The standard InChI is InChI=1S/C19H20N2/c1-13-7-8-15(11-14(13)2)12-17(20)19-10-9-16-5-3-4-6-18(16)21-19/h3-11,17H,12,20H2,1-2H3. The van der Waals surface area contributed by atoms with Crippen LogP contribution in [0.4, 0.5) is 0 Å². The van der Waals surface area contributed by atoms with Crippen molar-refractivity contribution < 1.29 is 0 Å². The Bertz CT molecular complexity index is 777. The lowest BCUT2D eigenvalue weighted by Gasteiger charge is -2.13. The molecule has 3 rings (SSSR count). The van der Waals surface area contributed by atoms with Crippen LogP contribution >= 0.6 is 0 Å². The van der Waals surface area contributed by atoms with E-state index in [2.05, 4.69) is 49.2 Å². The van der Waals surface area contributed by atoms with Crippen LogP contribution in [-0.2, 0) is 6.42 Å². The summed E-state index contributed by atoms with van der Waals surface area (Å²) in [5.74, 6) is 0. The Hall–Kier alpha value is -2.19. The smallest absolute Gasteiger partial charge is 0.0706 e. The number of nitrogens with zero attached hydrogens (tertiary/aromatic N) is 1. The number of nitrogens with two attached hydrogens (primary N) is 1. The van der Waals surface area contributed by atoms with Gasteiger partial charge in [-0.15, -0.1) is 0 Å². The number of benzene rings is 2. The molecule has 2 N–H and O–H groups in total. The van der Waals surface area contributed by atoms with Crippen molar-refractivity contribution in [2.45, 2.75) is 26.3 Å². The van der Waals surface area contributed by atoms with E-state index in [0.29, 0.717) is 0 Å². The van der Waals surface area contributed by atoms with E-state index < -0.39 is 0 Å². The maximum absolute atomic E-state index is 6.34. The van der Waals surface area contributed by atoms with Gasteiger partial charge in [-0.25, -0.2) is 0 Å². The molecule has 2 aromatic carbocycles. The van der Waals surface area contributed by atoms with Gasteiger partial charge < -0.3 is 5.73 Å². The molecule has 21 heavy (non-hydrogen) atoms. The SMILES string of the molecule is Cc1ccc(CC(N)c2ccc3ccccc3n2)cc1C. The minimum Gasteiger partial charge on any atom is -0.322 e. The normalized spacial score (nSPS) is 12.5. The molecule has 0 amide bonds. The van der Waals surface area contributed by atoms with E-state index in [1.165, 1.54) is 16.7 Å². The molecule has 3 aromatic rings. The molecular formula is C19H20N2. The van der Waals surface area contributed by atoms with E-state index >= 15 is 0 Å². The summed E-state index contributed by atoms with van der Waals surface area (Å²) in [4.78, 5) is 4.69. The van der Waals surface area contributed by atoms with Crippen LogP contribution in [0.2, 0.25) is 0 Å². The summed E-state index contributed by atoms with van der Waals surface area (Å²) in [6.45, 7) is 4.27. The number of hydrogen-bond acceptors (Lipinski definition) is 2. The molecule has 0 aliphatic heterocycles. The highest BCUT2D eigenvalue weighted by molar-refractivity contribution is 5.78. The Morgan fingerprint density at radius 1 is 0.952 bits per heavy atom.